The number of nitrogens with zero attached hydrogens (tertiary/aromatic N) is 1. The van der Waals surface area contributed by atoms with Gasteiger partial charge in [-0.15, -0.1) is 0 Å². The normalized spacial score (nSPS) is 13.0. The summed E-state index contributed by atoms with van der Waals surface area (Å²) in [5.41, 5.74) is 1.22. The van der Waals surface area contributed by atoms with Gasteiger partial charge in [0.1, 0.15) is 0 Å². The molecule has 0 aromatic carbocycles. The summed E-state index contributed by atoms with van der Waals surface area (Å²) < 4.78 is 6.69. The Labute approximate surface area is 112 Å². The minimum Gasteiger partial charge on any atom is -0.377 e. The van der Waals surface area contributed by atoms with E-state index >= 15 is 0 Å². The predicted molar refractivity (Wildman–Crippen MR) is 74.2 cm³/mol. The Morgan fingerprint density at radius 1 is 1.41 bits per heavy atom. The van der Waals surface area contributed by atoms with Gasteiger partial charge in [0.25, 0.3) is 0 Å². The molecule has 1 heterocycles. The van der Waals surface area contributed by atoms with Gasteiger partial charge in [-0.1, -0.05) is 6.92 Å². The second-order valence-corrected chi connectivity index (χ2v) is 5.27. The van der Waals surface area contributed by atoms with Crippen molar-refractivity contribution in [2.24, 2.45) is 0 Å². The molecule has 0 bridgehead atoms. The molecule has 0 fully saturated rings. The Kier molecular flexibility index (Phi) is 6.70. The molecule has 0 radical (unpaired) electrons. The first kappa shape index (κ1) is 14.6. The largest absolute Gasteiger partial charge is 0.377 e. The van der Waals surface area contributed by atoms with Crippen molar-refractivity contribution in [2.45, 2.75) is 39.3 Å². The first-order chi connectivity index (χ1) is 8.11. The van der Waals surface area contributed by atoms with E-state index in [4.69, 9.17) is 4.74 Å². The molecule has 17 heavy (non-hydrogen) atoms. The van der Waals surface area contributed by atoms with E-state index < -0.39 is 0 Å². The van der Waals surface area contributed by atoms with E-state index in [1.807, 2.05) is 6.20 Å². The van der Waals surface area contributed by atoms with E-state index in [0.717, 1.165) is 24.0 Å². The number of nitrogens with one attached hydrogen (secondary N) is 1. The topological polar surface area (TPSA) is 34.1 Å². The van der Waals surface area contributed by atoms with Crippen LogP contribution in [0.25, 0.3) is 0 Å². The maximum atomic E-state index is 5.66. The van der Waals surface area contributed by atoms with Crippen LogP contribution in [0.2, 0.25) is 0 Å². The summed E-state index contributed by atoms with van der Waals surface area (Å²) in [5.74, 6) is 0. The van der Waals surface area contributed by atoms with E-state index in [1.165, 1.54) is 5.56 Å². The Hall–Kier alpha value is -0.450. The van der Waals surface area contributed by atoms with Gasteiger partial charge in [0.15, 0.2) is 0 Å². The van der Waals surface area contributed by atoms with Gasteiger partial charge in [0.2, 0.25) is 0 Å². The van der Waals surface area contributed by atoms with Crippen LogP contribution in [-0.4, -0.2) is 30.3 Å². The minimum atomic E-state index is 0.275. The van der Waals surface area contributed by atoms with Crippen LogP contribution in [0.3, 0.4) is 0 Å². The summed E-state index contributed by atoms with van der Waals surface area (Å²) in [6, 6.07) is 2.45. The molecule has 1 N–H and O–H groups in total. The second-order valence-electron chi connectivity index (χ2n) is 4.35. The van der Waals surface area contributed by atoms with Crippen molar-refractivity contribution in [3.8, 4) is 0 Å². The highest BCUT2D eigenvalue weighted by Crippen LogP contribution is 2.11. The molecule has 0 amide bonds. The molecule has 0 saturated carbocycles. The summed E-state index contributed by atoms with van der Waals surface area (Å²) in [6.45, 7) is 7.92. The fourth-order valence-electron chi connectivity index (χ4n) is 1.64. The van der Waals surface area contributed by atoms with E-state index in [2.05, 4.69) is 53.1 Å². The van der Waals surface area contributed by atoms with Crippen molar-refractivity contribution in [3.05, 3.63) is 28.5 Å². The lowest BCUT2D eigenvalue weighted by atomic mass is 10.1. The van der Waals surface area contributed by atoms with Crippen molar-refractivity contribution >= 4 is 15.9 Å². The van der Waals surface area contributed by atoms with Crippen molar-refractivity contribution < 1.29 is 4.74 Å². The van der Waals surface area contributed by atoms with Crippen molar-refractivity contribution in [1.82, 2.24) is 10.3 Å². The van der Waals surface area contributed by atoms with Gasteiger partial charge in [-0.3, -0.25) is 4.98 Å². The zero-order chi connectivity index (χ0) is 12.7. The number of likely N-dealkylation sites (N-methyl/N-ethyl adjacent to an activating group) is 1. The van der Waals surface area contributed by atoms with Crippen LogP contribution >= 0.6 is 15.9 Å². The van der Waals surface area contributed by atoms with Gasteiger partial charge in [0, 0.05) is 22.9 Å². The number of hydrogen-bond donors (Lipinski definition) is 1. The van der Waals surface area contributed by atoms with E-state index in [-0.39, 0.29) is 6.10 Å². The Morgan fingerprint density at radius 3 is 2.76 bits per heavy atom. The summed E-state index contributed by atoms with van der Waals surface area (Å²) in [6.07, 6.45) is 4.92. The zero-order valence-electron chi connectivity index (χ0n) is 10.7. The van der Waals surface area contributed by atoms with E-state index in [9.17, 15) is 0 Å². The number of hydrogen-bond acceptors (Lipinski definition) is 3. The molecule has 0 spiro atoms. The first-order valence-corrected chi connectivity index (χ1v) is 6.85. The van der Waals surface area contributed by atoms with Crippen LogP contribution in [0.5, 0.6) is 0 Å². The minimum absolute atomic E-state index is 0.275. The van der Waals surface area contributed by atoms with Gasteiger partial charge >= 0.3 is 0 Å². The third kappa shape index (κ3) is 6.15. The molecule has 1 aromatic heterocycles. The Morgan fingerprint density at radius 2 is 2.18 bits per heavy atom. The highest BCUT2D eigenvalue weighted by Gasteiger charge is 2.10. The molecule has 1 aromatic rings. The molecule has 1 atom stereocenters. The highest BCUT2D eigenvalue weighted by atomic mass is 79.9. The van der Waals surface area contributed by atoms with Crippen LogP contribution in [0, 0.1) is 0 Å². The SMILES string of the molecule is CCNC(COC(C)C)Cc1cncc(Br)c1. The molecule has 1 unspecified atom stereocenters. The molecule has 0 aliphatic carbocycles. The number of rotatable bonds is 7. The lowest BCUT2D eigenvalue weighted by Crippen LogP contribution is -2.36. The lowest BCUT2D eigenvalue weighted by Gasteiger charge is -2.19. The van der Waals surface area contributed by atoms with Crippen molar-refractivity contribution in [2.75, 3.05) is 13.2 Å². The van der Waals surface area contributed by atoms with Crippen LogP contribution < -0.4 is 5.32 Å². The monoisotopic (exact) mass is 300 g/mol. The van der Waals surface area contributed by atoms with Crippen LogP contribution in [0.1, 0.15) is 26.3 Å². The smallest absolute Gasteiger partial charge is 0.0626 e. The van der Waals surface area contributed by atoms with Crippen molar-refractivity contribution in [3.63, 3.8) is 0 Å². The standard InChI is InChI=1S/C13H21BrN2O/c1-4-16-13(9-17-10(2)3)6-11-5-12(14)8-15-7-11/h5,7-8,10,13,16H,4,6,9H2,1-3H3. The molecule has 4 heteroatoms. The van der Waals surface area contributed by atoms with E-state index in [0.29, 0.717) is 6.04 Å². The quantitative estimate of drug-likeness (QED) is 0.841. The number of pyridine rings is 1. The van der Waals surface area contributed by atoms with Gasteiger partial charge in [-0.2, -0.15) is 0 Å². The maximum Gasteiger partial charge on any atom is 0.0626 e. The van der Waals surface area contributed by atoms with Gasteiger partial charge in [-0.05, 0) is 54.4 Å². The highest BCUT2D eigenvalue weighted by molar-refractivity contribution is 9.10. The molecule has 0 aliphatic heterocycles. The molecular formula is C13H21BrN2O. The molecule has 96 valence electrons. The molecule has 1 rings (SSSR count). The molecule has 0 saturated heterocycles. The average Bonchev–Trinajstić information content (AvgIpc) is 2.26. The van der Waals surface area contributed by atoms with Gasteiger partial charge in [-0.25, -0.2) is 0 Å². The van der Waals surface area contributed by atoms with E-state index in [1.54, 1.807) is 6.20 Å². The van der Waals surface area contributed by atoms with Crippen molar-refractivity contribution in [1.29, 1.82) is 0 Å². The number of halogens is 1. The van der Waals surface area contributed by atoms with Crippen LogP contribution in [0.15, 0.2) is 22.9 Å². The van der Waals surface area contributed by atoms with Crippen LogP contribution in [-0.2, 0) is 11.2 Å². The molecular weight excluding hydrogens is 280 g/mol. The fourth-order valence-corrected chi connectivity index (χ4v) is 2.05. The summed E-state index contributed by atoms with van der Waals surface area (Å²) >= 11 is 3.44. The summed E-state index contributed by atoms with van der Waals surface area (Å²) in [7, 11) is 0. The molecule has 3 nitrogen and oxygen atoms in total. The fraction of sp³-hybridized carbons (Fsp3) is 0.615. The number of aromatic nitrogens is 1. The molecule has 0 aliphatic rings. The maximum absolute atomic E-state index is 5.66. The van der Waals surface area contributed by atoms with Crippen LogP contribution in [0.4, 0.5) is 0 Å². The van der Waals surface area contributed by atoms with Gasteiger partial charge < -0.3 is 10.1 Å². The lowest BCUT2D eigenvalue weighted by molar-refractivity contribution is 0.0616. The summed E-state index contributed by atoms with van der Waals surface area (Å²) in [4.78, 5) is 4.18. The zero-order valence-corrected chi connectivity index (χ0v) is 12.3. The summed E-state index contributed by atoms with van der Waals surface area (Å²) in [5, 5.41) is 3.44. The Bertz CT molecular complexity index is 331. The van der Waals surface area contributed by atoms with Gasteiger partial charge in [0.05, 0.1) is 12.7 Å². The number of ether oxygens (including phenoxy) is 1. The predicted octanol–water partition coefficient (Wildman–Crippen LogP) is 2.79. The second kappa shape index (κ2) is 7.80. The Balaban J connectivity index is 2.53. The third-order valence-corrected chi connectivity index (χ3v) is 2.80. The third-order valence-electron chi connectivity index (χ3n) is 2.37. The average molecular weight is 301 g/mol. The first-order valence-electron chi connectivity index (χ1n) is 6.06.